The standard InChI is InChI=1S/C19H22ClN5O2/c1-11-3-4-16(13-6-14(20)8-22-7-13)25(10-11)19(27)18(26)24-15-5-12(2)17(21)23-9-15/h5-9,11,16H,3-4,10H2,1-2H3,(H2,21,23)(H,24,26)/t11-,16+/m0/s1. The van der Waals surface area contributed by atoms with Gasteiger partial charge in [-0.1, -0.05) is 18.5 Å². The Morgan fingerprint density at radius 3 is 2.74 bits per heavy atom. The first-order valence-corrected chi connectivity index (χ1v) is 9.17. The van der Waals surface area contributed by atoms with E-state index < -0.39 is 11.8 Å². The Morgan fingerprint density at radius 2 is 2.04 bits per heavy atom. The zero-order valence-corrected chi connectivity index (χ0v) is 16.0. The number of pyridine rings is 2. The van der Waals surface area contributed by atoms with Gasteiger partial charge in [-0.2, -0.15) is 0 Å². The van der Waals surface area contributed by atoms with Crippen molar-refractivity contribution in [3.63, 3.8) is 0 Å². The summed E-state index contributed by atoms with van der Waals surface area (Å²) in [6, 6.07) is 3.25. The molecule has 0 bridgehead atoms. The molecule has 1 aliphatic rings. The number of amides is 2. The summed E-state index contributed by atoms with van der Waals surface area (Å²) in [6.45, 7) is 4.36. The number of rotatable bonds is 2. The van der Waals surface area contributed by atoms with Gasteiger partial charge in [-0.05, 0) is 48.9 Å². The summed E-state index contributed by atoms with van der Waals surface area (Å²) >= 11 is 6.06. The molecule has 1 aliphatic heterocycles. The largest absolute Gasteiger partial charge is 0.383 e. The first-order valence-electron chi connectivity index (χ1n) is 8.79. The Labute approximate surface area is 162 Å². The maximum atomic E-state index is 12.9. The van der Waals surface area contributed by atoms with E-state index in [-0.39, 0.29) is 6.04 Å². The number of nitrogen functional groups attached to an aromatic ring is 1. The number of nitrogens with zero attached hydrogens (tertiary/aromatic N) is 3. The lowest BCUT2D eigenvalue weighted by Crippen LogP contribution is -2.46. The molecule has 0 unspecified atom stereocenters. The van der Waals surface area contributed by atoms with E-state index in [1.54, 1.807) is 36.4 Å². The van der Waals surface area contributed by atoms with Gasteiger partial charge in [0.15, 0.2) is 0 Å². The van der Waals surface area contributed by atoms with Crippen LogP contribution in [0, 0.1) is 12.8 Å². The second-order valence-corrected chi connectivity index (χ2v) is 7.41. The van der Waals surface area contributed by atoms with E-state index in [1.165, 1.54) is 6.20 Å². The SMILES string of the molecule is Cc1cc(NC(=O)C(=O)N2C[C@@H](C)CC[C@@H]2c2cncc(Cl)c2)cnc1N. The third kappa shape index (κ3) is 4.36. The van der Waals surface area contributed by atoms with Gasteiger partial charge in [0.1, 0.15) is 5.82 Å². The maximum Gasteiger partial charge on any atom is 0.313 e. The summed E-state index contributed by atoms with van der Waals surface area (Å²) in [5.41, 5.74) is 7.69. The molecule has 1 saturated heterocycles. The second-order valence-electron chi connectivity index (χ2n) is 6.97. The summed E-state index contributed by atoms with van der Waals surface area (Å²) in [6.07, 6.45) is 6.39. The monoisotopic (exact) mass is 387 g/mol. The Kier molecular flexibility index (Phi) is 5.60. The molecule has 1 fully saturated rings. The van der Waals surface area contributed by atoms with Gasteiger partial charge in [0.2, 0.25) is 0 Å². The number of carbonyl (C=O) groups excluding carboxylic acids is 2. The molecule has 2 aromatic heterocycles. The molecule has 3 rings (SSSR count). The van der Waals surface area contributed by atoms with Crippen LogP contribution in [-0.2, 0) is 9.59 Å². The van der Waals surface area contributed by atoms with E-state index in [4.69, 9.17) is 17.3 Å². The summed E-state index contributed by atoms with van der Waals surface area (Å²) < 4.78 is 0. The van der Waals surface area contributed by atoms with Crippen LogP contribution in [0.25, 0.3) is 0 Å². The molecule has 2 aromatic rings. The highest BCUT2D eigenvalue weighted by Gasteiger charge is 2.34. The van der Waals surface area contributed by atoms with Crippen LogP contribution in [0.2, 0.25) is 5.02 Å². The van der Waals surface area contributed by atoms with Gasteiger partial charge in [-0.25, -0.2) is 4.98 Å². The highest BCUT2D eigenvalue weighted by molar-refractivity contribution is 6.39. The van der Waals surface area contributed by atoms with E-state index in [9.17, 15) is 9.59 Å². The molecular formula is C19H22ClN5O2. The lowest BCUT2D eigenvalue weighted by Gasteiger charge is -2.38. The smallest absolute Gasteiger partial charge is 0.313 e. The third-order valence-corrected chi connectivity index (χ3v) is 4.97. The molecule has 7 nitrogen and oxygen atoms in total. The van der Waals surface area contributed by atoms with Gasteiger partial charge in [0.25, 0.3) is 0 Å². The molecule has 0 saturated carbocycles. The van der Waals surface area contributed by atoms with E-state index >= 15 is 0 Å². The lowest BCUT2D eigenvalue weighted by atomic mass is 9.90. The van der Waals surface area contributed by atoms with Crippen molar-refractivity contribution in [3.8, 4) is 0 Å². The lowest BCUT2D eigenvalue weighted by molar-refractivity contribution is -0.146. The normalized spacial score (nSPS) is 19.6. The predicted octanol–water partition coefficient (Wildman–Crippen LogP) is 2.96. The van der Waals surface area contributed by atoms with Gasteiger partial charge < -0.3 is 16.0 Å². The van der Waals surface area contributed by atoms with Crippen LogP contribution in [0.3, 0.4) is 0 Å². The average molecular weight is 388 g/mol. The fourth-order valence-electron chi connectivity index (χ4n) is 3.30. The molecule has 3 N–H and O–H groups in total. The van der Waals surface area contributed by atoms with E-state index in [2.05, 4.69) is 22.2 Å². The van der Waals surface area contributed by atoms with Gasteiger partial charge in [-0.3, -0.25) is 14.6 Å². The van der Waals surface area contributed by atoms with Crippen molar-refractivity contribution in [1.29, 1.82) is 0 Å². The van der Waals surface area contributed by atoms with Crippen LogP contribution in [0.15, 0.2) is 30.7 Å². The topological polar surface area (TPSA) is 101 Å². The number of carbonyl (C=O) groups is 2. The number of likely N-dealkylation sites (tertiary alicyclic amines) is 1. The summed E-state index contributed by atoms with van der Waals surface area (Å²) in [7, 11) is 0. The number of nitrogens with one attached hydrogen (secondary N) is 1. The van der Waals surface area contributed by atoms with Crippen LogP contribution < -0.4 is 11.1 Å². The van der Waals surface area contributed by atoms with Crippen LogP contribution in [-0.4, -0.2) is 33.2 Å². The molecule has 2 atom stereocenters. The van der Waals surface area contributed by atoms with E-state index in [1.807, 2.05) is 0 Å². The third-order valence-electron chi connectivity index (χ3n) is 4.76. The van der Waals surface area contributed by atoms with Crippen LogP contribution in [0.1, 0.15) is 36.9 Å². The zero-order chi connectivity index (χ0) is 19.6. The van der Waals surface area contributed by atoms with Crippen molar-refractivity contribution in [3.05, 3.63) is 46.9 Å². The Bertz CT molecular complexity index is 873. The number of aryl methyl sites for hydroxylation is 1. The quantitative estimate of drug-likeness (QED) is 0.771. The number of hydrogen-bond acceptors (Lipinski definition) is 5. The van der Waals surface area contributed by atoms with Crippen LogP contribution >= 0.6 is 11.6 Å². The first kappa shape index (κ1) is 19.1. The summed E-state index contributed by atoms with van der Waals surface area (Å²) in [5, 5.41) is 3.12. The minimum absolute atomic E-state index is 0.225. The number of nitrogens with two attached hydrogens (primary N) is 1. The molecule has 0 radical (unpaired) electrons. The average Bonchev–Trinajstić information content (AvgIpc) is 2.64. The Hall–Kier alpha value is -2.67. The molecular weight excluding hydrogens is 366 g/mol. The molecule has 8 heteroatoms. The molecule has 2 amide bonds. The zero-order valence-electron chi connectivity index (χ0n) is 15.3. The fourth-order valence-corrected chi connectivity index (χ4v) is 3.49. The van der Waals surface area contributed by atoms with Gasteiger partial charge in [0, 0.05) is 18.9 Å². The van der Waals surface area contributed by atoms with Crippen molar-refractivity contribution >= 4 is 34.9 Å². The Balaban J connectivity index is 1.80. The highest BCUT2D eigenvalue weighted by Crippen LogP contribution is 2.34. The van der Waals surface area contributed by atoms with E-state index in [0.717, 1.165) is 24.0 Å². The molecule has 142 valence electrons. The van der Waals surface area contributed by atoms with Crippen molar-refractivity contribution in [1.82, 2.24) is 14.9 Å². The molecule has 0 spiro atoms. The van der Waals surface area contributed by atoms with Crippen LogP contribution in [0.5, 0.6) is 0 Å². The summed E-state index contributed by atoms with van der Waals surface area (Å²) in [5.74, 6) is -0.584. The first-order chi connectivity index (χ1) is 12.8. The van der Waals surface area contributed by atoms with Gasteiger partial charge in [0.05, 0.1) is 22.9 Å². The Morgan fingerprint density at radius 1 is 1.26 bits per heavy atom. The van der Waals surface area contributed by atoms with Crippen molar-refractivity contribution in [2.75, 3.05) is 17.6 Å². The minimum Gasteiger partial charge on any atom is -0.383 e. The molecule has 27 heavy (non-hydrogen) atoms. The second kappa shape index (κ2) is 7.92. The maximum absolute atomic E-state index is 12.9. The number of aromatic nitrogens is 2. The highest BCUT2D eigenvalue weighted by atomic mass is 35.5. The fraction of sp³-hybridized carbons (Fsp3) is 0.368. The molecule has 0 aliphatic carbocycles. The van der Waals surface area contributed by atoms with Crippen LogP contribution in [0.4, 0.5) is 11.5 Å². The molecule has 0 aromatic carbocycles. The number of hydrogen-bond donors (Lipinski definition) is 2. The number of halogens is 1. The van der Waals surface area contributed by atoms with Crippen molar-refractivity contribution < 1.29 is 9.59 Å². The number of piperidine rings is 1. The van der Waals surface area contributed by atoms with Crippen molar-refractivity contribution in [2.24, 2.45) is 5.92 Å². The number of anilines is 2. The minimum atomic E-state index is -0.699. The van der Waals surface area contributed by atoms with Crippen molar-refractivity contribution in [2.45, 2.75) is 32.7 Å². The van der Waals surface area contributed by atoms with E-state index in [0.29, 0.717) is 29.0 Å². The molecule has 3 heterocycles. The van der Waals surface area contributed by atoms with Gasteiger partial charge >= 0.3 is 11.8 Å². The van der Waals surface area contributed by atoms with Gasteiger partial charge in [-0.15, -0.1) is 0 Å². The predicted molar refractivity (Wildman–Crippen MR) is 104 cm³/mol. The summed E-state index contributed by atoms with van der Waals surface area (Å²) in [4.78, 5) is 35.2.